The Kier molecular flexibility index (Phi) is 14.4. The lowest BCUT2D eigenvalue weighted by Gasteiger charge is -2.26. The van der Waals surface area contributed by atoms with Gasteiger partial charge in [-0.2, -0.15) is 0 Å². The lowest BCUT2D eigenvalue weighted by atomic mass is 10.1. The van der Waals surface area contributed by atoms with E-state index in [4.69, 9.17) is 5.73 Å². The number of carbonyl (C=O) groups is 5. The summed E-state index contributed by atoms with van der Waals surface area (Å²) in [6.07, 6.45) is -0.547. The Balaban J connectivity index is 1.63. The number of nitrogens with zero attached hydrogens (tertiary/aromatic N) is 1. The molecule has 0 aliphatic rings. The molecule has 0 radical (unpaired) electrons. The molecule has 4 atom stereocenters. The quantitative estimate of drug-likeness (QED) is 0.0814. The molecule has 0 aliphatic carbocycles. The highest BCUT2D eigenvalue weighted by Crippen LogP contribution is 2.14. The van der Waals surface area contributed by atoms with E-state index in [0.717, 1.165) is 0 Å². The number of carbonyl (C=O) groups excluding carboxylic acids is 5. The van der Waals surface area contributed by atoms with Crippen molar-refractivity contribution < 1.29 is 34.0 Å². The second-order valence-electron chi connectivity index (χ2n) is 11.2. The minimum atomic E-state index is -1.43. The third-order valence-electron chi connectivity index (χ3n) is 7.38. The van der Waals surface area contributed by atoms with E-state index in [1.807, 2.05) is 0 Å². The third-order valence-corrected chi connectivity index (χ3v) is 7.38. The standard InChI is InChI=1S/C34H41N7O8/c1-3-8-27(39-32(45)28(17-18-35)38-31(44)23-9-5-4-6-10-23)33(46)40-29(21(2)42)34(47)37-25-12-7-11-24(19-25)30(43)36-20-22-13-15-26(16-14-22)41(48)49/h4-7,9-16,19,21,27-29,42H,3,8,17-18,20,35H2,1-2H3,(H,36,43)(H,37,47)(H,38,44)(H,39,45)(H,40,46)/t21-,27+,28+,29+/m1/s1. The molecule has 0 unspecified atom stereocenters. The summed E-state index contributed by atoms with van der Waals surface area (Å²) in [6, 6.07) is 16.5. The van der Waals surface area contributed by atoms with E-state index in [2.05, 4.69) is 26.6 Å². The average Bonchev–Trinajstić information content (AvgIpc) is 3.09. The normalized spacial score (nSPS) is 13.1. The number of anilines is 1. The van der Waals surface area contributed by atoms with Crippen molar-refractivity contribution >= 4 is 40.9 Å². The fourth-order valence-corrected chi connectivity index (χ4v) is 4.73. The van der Waals surface area contributed by atoms with Crippen molar-refractivity contribution in [2.24, 2.45) is 5.73 Å². The van der Waals surface area contributed by atoms with Gasteiger partial charge in [0.1, 0.15) is 18.1 Å². The van der Waals surface area contributed by atoms with Crippen LogP contribution in [-0.2, 0) is 20.9 Å². The summed E-state index contributed by atoms with van der Waals surface area (Å²) < 4.78 is 0. The van der Waals surface area contributed by atoms with Crippen molar-refractivity contribution in [1.29, 1.82) is 0 Å². The van der Waals surface area contributed by atoms with Gasteiger partial charge in [0.15, 0.2) is 0 Å². The molecule has 0 heterocycles. The number of hydrogen-bond donors (Lipinski definition) is 7. The van der Waals surface area contributed by atoms with Crippen molar-refractivity contribution in [3.05, 3.63) is 106 Å². The van der Waals surface area contributed by atoms with Gasteiger partial charge in [-0.05, 0) is 62.2 Å². The van der Waals surface area contributed by atoms with Crippen LogP contribution < -0.4 is 32.3 Å². The van der Waals surface area contributed by atoms with E-state index in [-0.39, 0.29) is 42.9 Å². The number of non-ortho nitro benzene ring substituents is 1. The Hall–Kier alpha value is -5.67. The summed E-state index contributed by atoms with van der Waals surface area (Å²) in [7, 11) is 0. The van der Waals surface area contributed by atoms with Crippen LogP contribution in [0.15, 0.2) is 78.9 Å². The molecule has 15 heteroatoms. The van der Waals surface area contributed by atoms with Crippen LogP contribution in [-0.4, -0.2) is 70.3 Å². The third kappa shape index (κ3) is 11.5. The molecule has 15 nitrogen and oxygen atoms in total. The first-order chi connectivity index (χ1) is 23.4. The largest absolute Gasteiger partial charge is 0.391 e. The first-order valence-electron chi connectivity index (χ1n) is 15.7. The fraction of sp³-hybridized carbons (Fsp3) is 0.324. The van der Waals surface area contributed by atoms with E-state index in [1.165, 1.54) is 55.5 Å². The number of amides is 5. The van der Waals surface area contributed by atoms with Gasteiger partial charge in [0.25, 0.3) is 17.5 Å². The van der Waals surface area contributed by atoms with Gasteiger partial charge in [-0.3, -0.25) is 34.1 Å². The number of aliphatic hydroxyl groups excluding tert-OH is 1. The molecule has 3 aromatic rings. The summed E-state index contributed by atoms with van der Waals surface area (Å²) in [5.41, 5.74) is 7.01. The molecule has 0 fully saturated rings. The molecular formula is C34H41N7O8. The van der Waals surface area contributed by atoms with Crippen LogP contribution >= 0.6 is 0 Å². The predicted molar refractivity (Wildman–Crippen MR) is 181 cm³/mol. The summed E-state index contributed by atoms with van der Waals surface area (Å²) in [4.78, 5) is 75.5. The van der Waals surface area contributed by atoms with Crippen molar-refractivity contribution in [1.82, 2.24) is 21.3 Å². The van der Waals surface area contributed by atoms with Gasteiger partial charge >= 0.3 is 0 Å². The van der Waals surface area contributed by atoms with Crippen molar-refractivity contribution in [2.75, 3.05) is 11.9 Å². The number of nitrogens with one attached hydrogen (secondary N) is 5. The SMILES string of the molecule is CCC[C@H](NC(=O)[C@H](CCN)NC(=O)c1ccccc1)C(=O)N[C@H](C(=O)Nc1cccc(C(=O)NCc2ccc([N+](=O)[O-])cc2)c1)[C@@H](C)O. The van der Waals surface area contributed by atoms with Gasteiger partial charge in [-0.15, -0.1) is 0 Å². The molecule has 8 N–H and O–H groups in total. The van der Waals surface area contributed by atoms with E-state index in [9.17, 15) is 39.2 Å². The zero-order valence-electron chi connectivity index (χ0n) is 27.2. The van der Waals surface area contributed by atoms with Gasteiger partial charge in [-0.1, -0.05) is 49.7 Å². The van der Waals surface area contributed by atoms with Crippen LogP contribution in [0.2, 0.25) is 0 Å². The summed E-state index contributed by atoms with van der Waals surface area (Å²) >= 11 is 0. The zero-order valence-corrected chi connectivity index (χ0v) is 27.2. The Morgan fingerprint density at radius 3 is 2.04 bits per heavy atom. The first-order valence-corrected chi connectivity index (χ1v) is 15.7. The minimum Gasteiger partial charge on any atom is -0.391 e. The summed E-state index contributed by atoms with van der Waals surface area (Å²) in [5.74, 6) is -3.09. The fourth-order valence-electron chi connectivity index (χ4n) is 4.73. The highest BCUT2D eigenvalue weighted by atomic mass is 16.6. The van der Waals surface area contributed by atoms with E-state index in [0.29, 0.717) is 17.5 Å². The van der Waals surface area contributed by atoms with Gasteiger partial charge in [0, 0.05) is 35.5 Å². The monoisotopic (exact) mass is 675 g/mol. The molecule has 0 saturated carbocycles. The number of nitrogens with two attached hydrogens (primary N) is 1. The molecule has 49 heavy (non-hydrogen) atoms. The Morgan fingerprint density at radius 1 is 0.796 bits per heavy atom. The molecule has 3 rings (SSSR count). The second kappa shape index (κ2) is 18.6. The molecule has 0 aliphatic heterocycles. The number of nitro benzene ring substituents is 1. The predicted octanol–water partition coefficient (Wildman–Crippen LogP) is 1.76. The summed E-state index contributed by atoms with van der Waals surface area (Å²) in [5, 5.41) is 34.3. The highest BCUT2D eigenvalue weighted by molar-refractivity contribution is 6.01. The number of aliphatic hydroxyl groups is 1. The Labute approximate surface area is 283 Å². The van der Waals surface area contributed by atoms with Gasteiger partial charge in [0.05, 0.1) is 11.0 Å². The maximum Gasteiger partial charge on any atom is 0.269 e. The van der Waals surface area contributed by atoms with Crippen LogP contribution in [0.4, 0.5) is 11.4 Å². The zero-order chi connectivity index (χ0) is 35.9. The first kappa shape index (κ1) is 37.8. The maximum absolute atomic E-state index is 13.3. The number of hydrogen-bond acceptors (Lipinski definition) is 9. The van der Waals surface area contributed by atoms with Crippen LogP contribution in [0.3, 0.4) is 0 Å². The molecular weight excluding hydrogens is 634 g/mol. The van der Waals surface area contributed by atoms with Crippen LogP contribution in [0.5, 0.6) is 0 Å². The molecule has 5 amide bonds. The van der Waals surface area contributed by atoms with Crippen LogP contribution in [0, 0.1) is 10.1 Å². The number of benzene rings is 3. The van der Waals surface area contributed by atoms with E-state index >= 15 is 0 Å². The molecule has 260 valence electrons. The van der Waals surface area contributed by atoms with Crippen molar-refractivity contribution in [3.8, 4) is 0 Å². The molecule has 0 saturated heterocycles. The molecule has 0 spiro atoms. The Bertz CT molecular complexity index is 1620. The van der Waals surface area contributed by atoms with Gasteiger partial charge < -0.3 is 37.4 Å². The van der Waals surface area contributed by atoms with Crippen molar-refractivity contribution in [2.45, 2.75) is 63.9 Å². The van der Waals surface area contributed by atoms with E-state index in [1.54, 1.807) is 37.3 Å². The van der Waals surface area contributed by atoms with Crippen LogP contribution in [0.25, 0.3) is 0 Å². The van der Waals surface area contributed by atoms with Crippen LogP contribution in [0.1, 0.15) is 59.4 Å². The van der Waals surface area contributed by atoms with Gasteiger partial charge in [0.2, 0.25) is 17.7 Å². The lowest BCUT2D eigenvalue weighted by Crippen LogP contribution is -2.58. The summed E-state index contributed by atoms with van der Waals surface area (Å²) in [6.45, 7) is 3.31. The minimum absolute atomic E-state index is 0.0727. The number of rotatable bonds is 17. The lowest BCUT2D eigenvalue weighted by molar-refractivity contribution is -0.384. The Morgan fingerprint density at radius 2 is 1.43 bits per heavy atom. The topological polar surface area (TPSA) is 235 Å². The average molecular weight is 676 g/mol. The smallest absolute Gasteiger partial charge is 0.269 e. The second-order valence-corrected chi connectivity index (χ2v) is 11.2. The highest BCUT2D eigenvalue weighted by Gasteiger charge is 2.31. The van der Waals surface area contributed by atoms with E-state index < -0.39 is 58.7 Å². The molecule has 0 aromatic heterocycles. The molecule has 3 aromatic carbocycles. The molecule has 0 bridgehead atoms. The van der Waals surface area contributed by atoms with Gasteiger partial charge in [-0.25, -0.2) is 0 Å². The number of nitro groups is 1. The maximum atomic E-state index is 13.3. The van der Waals surface area contributed by atoms with Crippen molar-refractivity contribution in [3.63, 3.8) is 0 Å².